The summed E-state index contributed by atoms with van der Waals surface area (Å²) >= 11 is 0. The number of non-ortho nitro benzene ring substituents is 1. The molecule has 0 unspecified atom stereocenters. The van der Waals surface area contributed by atoms with Crippen molar-refractivity contribution in [2.45, 2.75) is 6.92 Å². The van der Waals surface area contributed by atoms with Gasteiger partial charge in [0.15, 0.2) is 0 Å². The van der Waals surface area contributed by atoms with Gasteiger partial charge in [-0.2, -0.15) is 5.10 Å². The number of nitro benzene ring substituents is 1. The molecule has 0 bridgehead atoms. The number of hydrogen-bond donors (Lipinski definition) is 1. The van der Waals surface area contributed by atoms with Gasteiger partial charge >= 0.3 is 0 Å². The molecule has 0 aliphatic rings. The minimum absolute atomic E-state index is 0.311. The lowest BCUT2D eigenvalue weighted by Crippen LogP contribution is -1.97. The summed E-state index contributed by atoms with van der Waals surface area (Å²) in [4.78, 5) is 10.0. The van der Waals surface area contributed by atoms with Gasteiger partial charge in [0, 0.05) is 24.2 Å². The van der Waals surface area contributed by atoms with Gasteiger partial charge < -0.3 is 5.73 Å². The molecule has 2 N–H and O–H groups in total. The number of rotatable bonds is 2. The summed E-state index contributed by atoms with van der Waals surface area (Å²) < 4.78 is 14.8. The molecule has 2 rings (SSSR count). The van der Waals surface area contributed by atoms with E-state index in [2.05, 4.69) is 5.10 Å². The molecule has 0 amide bonds. The first-order valence-electron chi connectivity index (χ1n) is 5.14. The highest BCUT2D eigenvalue weighted by Crippen LogP contribution is 2.29. The summed E-state index contributed by atoms with van der Waals surface area (Å²) in [5.41, 5.74) is 6.88. The molecule has 1 aromatic carbocycles. The van der Waals surface area contributed by atoms with Crippen molar-refractivity contribution in [2.75, 3.05) is 5.73 Å². The molecular weight excluding hydrogens is 239 g/mol. The number of anilines is 1. The van der Waals surface area contributed by atoms with Crippen LogP contribution in [0.25, 0.3) is 11.3 Å². The van der Waals surface area contributed by atoms with E-state index in [1.807, 2.05) is 0 Å². The maximum Gasteiger partial charge on any atom is 0.273 e. The Balaban J connectivity index is 2.63. The molecule has 0 saturated carbocycles. The lowest BCUT2D eigenvalue weighted by Gasteiger charge is -2.00. The zero-order valence-corrected chi connectivity index (χ0v) is 9.85. The van der Waals surface area contributed by atoms with Crippen LogP contribution in [0.3, 0.4) is 0 Å². The third-order valence-electron chi connectivity index (χ3n) is 2.70. The summed E-state index contributed by atoms with van der Waals surface area (Å²) in [5, 5.41) is 14.8. The molecule has 0 aliphatic carbocycles. The van der Waals surface area contributed by atoms with E-state index in [9.17, 15) is 14.5 Å². The Labute approximate surface area is 102 Å². The molecular formula is C11H11FN4O2. The monoisotopic (exact) mass is 250 g/mol. The molecule has 0 fully saturated rings. The number of aryl methyl sites for hydroxylation is 1. The van der Waals surface area contributed by atoms with Crippen LogP contribution < -0.4 is 5.73 Å². The average Bonchev–Trinajstić information content (AvgIpc) is 2.56. The highest BCUT2D eigenvalue weighted by molar-refractivity contribution is 5.69. The Kier molecular flexibility index (Phi) is 2.74. The lowest BCUT2D eigenvalue weighted by atomic mass is 10.1. The molecule has 6 nitrogen and oxygen atoms in total. The van der Waals surface area contributed by atoms with E-state index < -0.39 is 10.7 Å². The van der Waals surface area contributed by atoms with Crippen molar-refractivity contribution in [3.63, 3.8) is 0 Å². The fourth-order valence-corrected chi connectivity index (χ4v) is 1.73. The van der Waals surface area contributed by atoms with E-state index in [1.54, 1.807) is 14.0 Å². The predicted octanol–water partition coefficient (Wildman–Crippen LogP) is 2.03. The van der Waals surface area contributed by atoms with Crippen molar-refractivity contribution in [3.05, 3.63) is 39.7 Å². The molecule has 1 aromatic heterocycles. The number of hydrogen-bond acceptors (Lipinski definition) is 4. The highest BCUT2D eigenvalue weighted by Gasteiger charge is 2.16. The van der Waals surface area contributed by atoms with Gasteiger partial charge in [-0.15, -0.1) is 0 Å². The van der Waals surface area contributed by atoms with E-state index in [0.29, 0.717) is 22.6 Å². The zero-order valence-electron chi connectivity index (χ0n) is 9.85. The number of nitro groups is 1. The normalized spacial score (nSPS) is 10.6. The summed E-state index contributed by atoms with van der Waals surface area (Å²) in [5.74, 6) is -0.236. The Bertz CT molecular complexity index is 636. The van der Waals surface area contributed by atoms with Crippen molar-refractivity contribution in [1.29, 1.82) is 0 Å². The van der Waals surface area contributed by atoms with Crippen molar-refractivity contribution in [3.8, 4) is 11.3 Å². The number of nitrogen functional groups attached to an aromatic ring is 1. The summed E-state index contributed by atoms with van der Waals surface area (Å²) in [7, 11) is 1.65. The smallest absolute Gasteiger partial charge is 0.273 e. The van der Waals surface area contributed by atoms with Crippen LogP contribution in [0, 0.1) is 22.9 Å². The third kappa shape index (κ3) is 1.90. The van der Waals surface area contributed by atoms with Crippen LogP contribution in [0.5, 0.6) is 0 Å². The first kappa shape index (κ1) is 12.0. The van der Waals surface area contributed by atoms with Gasteiger partial charge in [-0.05, 0) is 13.0 Å². The summed E-state index contributed by atoms with van der Waals surface area (Å²) in [6.45, 7) is 1.73. The van der Waals surface area contributed by atoms with Crippen LogP contribution in [0.15, 0.2) is 18.2 Å². The predicted molar refractivity (Wildman–Crippen MR) is 64.4 cm³/mol. The summed E-state index contributed by atoms with van der Waals surface area (Å²) in [6.07, 6.45) is 0. The minimum atomic E-state index is -0.678. The molecule has 0 radical (unpaired) electrons. The fraction of sp³-hybridized carbons (Fsp3) is 0.182. The van der Waals surface area contributed by atoms with E-state index in [-0.39, 0.29) is 5.69 Å². The minimum Gasteiger partial charge on any atom is -0.384 e. The van der Waals surface area contributed by atoms with Gasteiger partial charge in [-0.25, -0.2) is 4.39 Å². The van der Waals surface area contributed by atoms with E-state index in [4.69, 9.17) is 5.73 Å². The second-order valence-corrected chi connectivity index (χ2v) is 3.94. The van der Waals surface area contributed by atoms with Crippen LogP contribution in [-0.2, 0) is 7.05 Å². The quantitative estimate of drug-likeness (QED) is 0.652. The number of nitrogens with zero attached hydrogens (tertiary/aromatic N) is 3. The van der Waals surface area contributed by atoms with Gasteiger partial charge in [0.25, 0.3) is 5.69 Å². The third-order valence-corrected chi connectivity index (χ3v) is 2.70. The molecule has 0 atom stereocenters. The van der Waals surface area contributed by atoms with Crippen LogP contribution in [0.1, 0.15) is 5.56 Å². The number of nitrogens with two attached hydrogens (primary N) is 1. The SMILES string of the molecule is Cc1c(-c2cc(F)cc([N+](=O)[O-])c2)nn(C)c1N. The van der Waals surface area contributed by atoms with Crippen LogP contribution >= 0.6 is 0 Å². The molecule has 0 saturated heterocycles. The molecule has 94 valence electrons. The topological polar surface area (TPSA) is 87.0 Å². The van der Waals surface area contributed by atoms with Crippen LogP contribution in [0.4, 0.5) is 15.9 Å². The second-order valence-electron chi connectivity index (χ2n) is 3.94. The van der Waals surface area contributed by atoms with Crippen molar-refractivity contribution in [2.24, 2.45) is 7.05 Å². The van der Waals surface area contributed by atoms with Gasteiger partial charge in [0.2, 0.25) is 0 Å². The van der Waals surface area contributed by atoms with Crippen LogP contribution in [0.2, 0.25) is 0 Å². The molecule has 0 aliphatic heterocycles. The Morgan fingerprint density at radius 1 is 1.44 bits per heavy atom. The van der Waals surface area contributed by atoms with Gasteiger partial charge in [-0.1, -0.05) is 0 Å². The molecule has 18 heavy (non-hydrogen) atoms. The first-order valence-corrected chi connectivity index (χ1v) is 5.14. The maximum atomic E-state index is 13.3. The summed E-state index contributed by atoms with van der Waals surface area (Å²) in [6, 6.07) is 3.34. The highest BCUT2D eigenvalue weighted by atomic mass is 19.1. The van der Waals surface area contributed by atoms with Crippen molar-refractivity contribution >= 4 is 11.5 Å². The molecule has 7 heteroatoms. The van der Waals surface area contributed by atoms with E-state index >= 15 is 0 Å². The number of halogens is 1. The standard InChI is InChI=1S/C11H11FN4O2/c1-6-10(14-15(2)11(6)13)7-3-8(12)5-9(4-7)16(17)18/h3-5H,13H2,1-2H3. The Morgan fingerprint density at radius 2 is 2.11 bits per heavy atom. The zero-order chi connectivity index (χ0) is 13.4. The first-order chi connectivity index (χ1) is 8.40. The Morgan fingerprint density at radius 3 is 2.61 bits per heavy atom. The van der Waals surface area contributed by atoms with E-state index in [0.717, 1.165) is 6.07 Å². The molecule has 2 aromatic rings. The van der Waals surface area contributed by atoms with Crippen LogP contribution in [-0.4, -0.2) is 14.7 Å². The number of aromatic nitrogens is 2. The molecule has 1 heterocycles. The van der Waals surface area contributed by atoms with Crippen molar-refractivity contribution in [1.82, 2.24) is 9.78 Å². The maximum absolute atomic E-state index is 13.3. The molecule has 0 spiro atoms. The fourth-order valence-electron chi connectivity index (χ4n) is 1.73. The second kappa shape index (κ2) is 4.10. The van der Waals surface area contributed by atoms with E-state index in [1.165, 1.54) is 16.8 Å². The largest absolute Gasteiger partial charge is 0.384 e. The lowest BCUT2D eigenvalue weighted by molar-refractivity contribution is -0.385. The van der Waals surface area contributed by atoms with Gasteiger partial charge in [0.1, 0.15) is 11.6 Å². The average molecular weight is 250 g/mol. The Hall–Kier alpha value is -2.44. The van der Waals surface area contributed by atoms with Crippen molar-refractivity contribution < 1.29 is 9.31 Å². The van der Waals surface area contributed by atoms with Gasteiger partial charge in [-0.3, -0.25) is 14.8 Å². The number of benzene rings is 1. The van der Waals surface area contributed by atoms with Gasteiger partial charge in [0.05, 0.1) is 16.7 Å².